The second-order valence-electron chi connectivity index (χ2n) is 6.93. The number of Topliss-reactive ketones (excluding diaryl/α,β-unsaturated/α-hetero) is 1. The van der Waals surface area contributed by atoms with Gasteiger partial charge in [0.05, 0.1) is 25.3 Å². The zero-order chi connectivity index (χ0) is 21.8. The van der Waals surface area contributed by atoms with Crippen molar-refractivity contribution >= 4 is 17.4 Å². The molecule has 1 fully saturated rings. The Morgan fingerprint density at radius 1 is 1.20 bits per heavy atom. The molecule has 156 valence electrons. The standard InChI is InChI=1S/C24H25NO5/c1-5-13-25-21(16-7-10-18(29-4)11-8-16)20(23(27)24(25)28)22(26)17-9-12-19(30-6-2)15(3)14-17/h5,7-12,14,21,26H,1,6,13H2,2-4H3. The zero-order valence-electron chi connectivity index (χ0n) is 17.3. The lowest BCUT2D eigenvalue weighted by atomic mass is 9.94. The zero-order valence-corrected chi connectivity index (χ0v) is 17.3. The van der Waals surface area contributed by atoms with Crippen LogP contribution < -0.4 is 9.47 Å². The van der Waals surface area contributed by atoms with Crippen molar-refractivity contribution in [2.75, 3.05) is 20.3 Å². The van der Waals surface area contributed by atoms with Gasteiger partial charge in [-0.2, -0.15) is 0 Å². The first kappa shape index (κ1) is 21.2. The van der Waals surface area contributed by atoms with Crippen molar-refractivity contribution in [1.82, 2.24) is 4.90 Å². The third-order valence-electron chi connectivity index (χ3n) is 5.05. The Balaban J connectivity index is 2.14. The van der Waals surface area contributed by atoms with E-state index in [1.807, 2.05) is 13.8 Å². The fraction of sp³-hybridized carbons (Fsp3) is 0.250. The Labute approximate surface area is 176 Å². The van der Waals surface area contributed by atoms with Gasteiger partial charge in [-0.15, -0.1) is 6.58 Å². The topological polar surface area (TPSA) is 76.1 Å². The molecular weight excluding hydrogens is 382 g/mol. The molecule has 2 aromatic rings. The SMILES string of the molecule is C=CCN1C(=O)C(=O)C(=C(O)c2ccc(OCC)c(C)c2)C1c1ccc(OC)cc1. The molecule has 0 bridgehead atoms. The number of aliphatic hydroxyl groups is 1. The van der Waals surface area contributed by atoms with E-state index < -0.39 is 17.7 Å². The average Bonchev–Trinajstić information content (AvgIpc) is 3.00. The third kappa shape index (κ3) is 3.81. The number of rotatable bonds is 7. The highest BCUT2D eigenvalue weighted by atomic mass is 16.5. The number of nitrogens with zero attached hydrogens (tertiary/aromatic N) is 1. The lowest BCUT2D eigenvalue weighted by molar-refractivity contribution is -0.139. The van der Waals surface area contributed by atoms with Crippen LogP contribution >= 0.6 is 0 Å². The number of ketones is 1. The molecule has 0 radical (unpaired) electrons. The third-order valence-corrected chi connectivity index (χ3v) is 5.05. The molecule has 1 aliphatic rings. The van der Waals surface area contributed by atoms with Gasteiger partial charge >= 0.3 is 0 Å². The van der Waals surface area contributed by atoms with Crippen LogP contribution in [-0.4, -0.2) is 42.0 Å². The van der Waals surface area contributed by atoms with E-state index in [1.165, 1.54) is 4.90 Å². The number of benzene rings is 2. The monoisotopic (exact) mass is 407 g/mol. The van der Waals surface area contributed by atoms with Crippen LogP contribution in [0.2, 0.25) is 0 Å². The van der Waals surface area contributed by atoms with Gasteiger partial charge in [0.25, 0.3) is 11.7 Å². The minimum absolute atomic E-state index is 0.0515. The number of hydrogen-bond donors (Lipinski definition) is 1. The molecule has 30 heavy (non-hydrogen) atoms. The van der Waals surface area contributed by atoms with Gasteiger partial charge in [0.15, 0.2) is 0 Å². The van der Waals surface area contributed by atoms with Crippen molar-refractivity contribution in [2.24, 2.45) is 0 Å². The number of ether oxygens (including phenoxy) is 2. The molecule has 1 atom stereocenters. The second-order valence-corrected chi connectivity index (χ2v) is 6.93. The summed E-state index contributed by atoms with van der Waals surface area (Å²) < 4.78 is 10.7. The molecular formula is C24H25NO5. The summed E-state index contributed by atoms with van der Waals surface area (Å²) in [4.78, 5) is 27.0. The summed E-state index contributed by atoms with van der Waals surface area (Å²) in [6.45, 7) is 8.15. The van der Waals surface area contributed by atoms with E-state index in [0.717, 1.165) is 5.56 Å². The molecule has 0 aliphatic carbocycles. The maximum absolute atomic E-state index is 12.9. The minimum Gasteiger partial charge on any atom is -0.507 e. The molecule has 0 saturated carbocycles. The summed E-state index contributed by atoms with van der Waals surface area (Å²) in [6, 6.07) is 11.5. The van der Waals surface area contributed by atoms with Crippen molar-refractivity contribution in [1.29, 1.82) is 0 Å². The van der Waals surface area contributed by atoms with Crippen LogP contribution in [0.5, 0.6) is 11.5 Å². The van der Waals surface area contributed by atoms with E-state index in [0.29, 0.717) is 29.2 Å². The largest absolute Gasteiger partial charge is 0.507 e. The van der Waals surface area contributed by atoms with Crippen molar-refractivity contribution < 1.29 is 24.2 Å². The normalized spacial score (nSPS) is 17.8. The molecule has 0 spiro atoms. The molecule has 6 nitrogen and oxygen atoms in total. The maximum Gasteiger partial charge on any atom is 0.295 e. The Morgan fingerprint density at radius 2 is 1.90 bits per heavy atom. The molecule has 1 N–H and O–H groups in total. The summed E-state index contributed by atoms with van der Waals surface area (Å²) in [6.07, 6.45) is 1.56. The first-order valence-electron chi connectivity index (χ1n) is 9.70. The molecule has 1 heterocycles. The van der Waals surface area contributed by atoms with Crippen molar-refractivity contribution in [3.05, 3.63) is 77.4 Å². The molecule has 3 rings (SSSR count). The number of likely N-dealkylation sites (tertiary alicyclic amines) is 1. The number of aryl methyl sites for hydroxylation is 1. The molecule has 1 amide bonds. The van der Waals surface area contributed by atoms with Gasteiger partial charge in [0.1, 0.15) is 17.3 Å². The van der Waals surface area contributed by atoms with Crippen LogP contribution in [0, 0.1) is 6.92 Å². The van der Waals surface area contributed by atoms with Crippen molar-refractivity contribution in [3.63, 3.8) is 0 Å². The van der Waals surface area contributed by atoms with Gasteiger partial charge < -0.3 is 19.5 Å². The van der Waals surface area contributed by atoms with Crippen molar-refractivity contribution in [2.45, 2.75) is 19.9 Å². The first-order valence-corrected chi connectivity index (χ1v) is 9.70. The van der Waals surface area contributed by atoms with Crippen LogP contribution in [0.15, 0.2) is 60.7 Å². The van der Waals surface area contributed by atoms with Crippen LogP contribution in [0.25, 0.3) is 5.76 Å². The first-order chi connectivity index (χ1) is 14.4. The Hall–Kier alpha value is -3.54. The minimum atomic E-state index is -0.721. The maximum atomic E-state index is 12.9. The molecule has 1 aliphatic heterocycles. The van der Waals surface area contributed by atoms with E-state index in [-0.39, 0.29) is 17.9 Å². The highest BCUT2D eigenvalue weighted by molar-refractivity contribution is 6.46. The Kier molecular flexibility index (Phi) is 6.26. The fourth-order valence-electron chi connectivity index (χ4n) is 3.61. The van der Waals surface area contributed by atoms with E-state index >= 15 is 0 Å². The molecule has 1 saturated heterocycles. The highest BCUT2D eigenvalue weighted by Gasteiger charge is 2.45. The average molecular weight is 407 g/mol. The summed E-state index contributed by atoms with van der Waals surface area (Å²) >= 11 is 0. The summed E-state index contributed by atoms with van der Waals surface area (Å²) in [5.74, 6) is -0.247. The number of hydrogen-bond acceptors (Lipinski definition) is 5. The number of aliphatic hydroxyl groups excluding tert-OH is 1. The van der Waals surface area contributed by atoms with Gasteiger partial charge in [0, 0.05) is 12.1 Å². The summed E-state index contributed by atoms with van der Waals surface area (Å²) in [5.41, 5.74) is 2.02. The van der Waals surface area contributed by atoms with Crippen LogP contribution in [-0.2, 0) is 9.59 Å². The predicted octanol–water partition coefficient (Wildman–Crippen LogP) is 4.01. The van der Waals surface area contributed by atoms with E-state index in [1.54, 1.807) is 55.7 Å². The Bertz CT molecular complexity index is 1010. The van der Waals surface area contributed by atoms with Gasteiger partial charge in [-0.3, -0.25) is 9.59 Å². The lowest BCUT2D eigenvalue weighted by Crippen LogP contribution is -2.29. The number of amides is 1. The van der Waals surface area contributed by atoms with Gasteiger partial charge in [-0.05, 0) is 55.3 Å². The van der Waals surface area contributed by atoms with E-state index in [9.17, 15) is 14.7 Å². The molecule has 0 aromatic heterocycles. The smallest absolute Gasteiger partial charge is 0.295 e. The quantitative estimate of drug-likeness (QED) is 0.325. The lowest BCUT2D eigenvalue weighted by Gasteiger charge is -2.24. The molecule has 1 unspecified atom stereocenters. The number of carbonyl (C=O) groups is 2. The summed E-state index contributed by atoms with van der Waals surface area (Å²) in [5, 5.41) is 11.1. The van der Waals surface area contributed by atoms with Crippen LogP contribution in [0.1, 0.15) is 29.7 Å². The number of carbonyl (C=O) groups excluding carboxylic acids is 2. The molecule has 2 aromatic carbocycles. The predicted molar refractivity (Wildman–Crippen MR) is 115 cm³/mol. The van der Waals surface area contributed by atoms with Crippen molar-refractivity contribution in [3.8, 4) is 11.5 Å². The highest BCUT2D eigenvalue weighted by Crippen LogP contribution is 2.40. The molecule has 6 heteroatoms. The van der Waals surface area contributed by atoms with Gasteiger partial charge in [-0.25, -0.2) is 0 Å². The number of methoxy groups -OCH3 is 1. The summed E-state index contributed by atoms with van der Waals surface area (Å²) in [7, 11) is 1.56. The van der Waals surface area contributed by atoms with Crippen LogP contribution in [0.4, 0.5) is 0 Å². The van der Waals surface area contributed by atoms with E-state index in [2.05, 4.69) is 6.58 Å². The second kappa shape index (κ2) is 8.86. The van der Waals surface area contributed by atoms with Gasteiger partial charge in [-0.1, -0.05) is 18.2 Å². The van der Waals surface area contributed by atoms with Crippen LogP contribution in [0.3, 0.4) is 0 Å². The Morgan fingerprint density at radius 3 is 2.47 bits per heavy atom. The van der Waals surface area contributed by atoms with Gasteiger partial charge in [0.2, 0.25) is 0 Å². The fourth-order valence-corrected chi connectivity index (χ4v) is 3.61. The van der Waals surface area contributed by atoms with E-state index in [4.69, 9.17) is 9.47 Å².